The Morgan fingerprint density at radius 1 is 1.14 bits per heavy atom. The van der Waals surface area contributed by atoms with Gasteiger partial charge in [0.05, 0.1) is 18.0 Å². The lowest BCUT2D eigenvalue weighted by atomic mass is 9.86. The molecule has 6 rings (SSSR count). The number of aliphatic imine (C=N–C) groups is 2. The monoisotopic (exact) mass is 369 g/mol. The Morgan fingerprint density at radius 3 is 2.96 bits per heavy atom. The van der Waals surface area contributed by atoms with Crippen molar-refractivity contribution in [3.05, 3.63) is 71.2 Å². The van der Waals surface area contributed by atoms with E-state index in [1.54, 1.807) is 6.26 Å². The van der Waals surface area contributed by atoms with Gasteiger partial charge < -0.3 is 9.32 Å². The number of benzene rings is 1. The minimum Gasteiger partial charge on any atom is -0.463 e. The molecule has 0 saturated heterocycles. The largest absolute Gasteiger partial charge is 0.463 e. The Morgan fingerprint density at radius 2 is 2.07 bits per heavy atom. The molecule has 138 valence electrons. The number of rotatable bonds is 2. The van der Waals surface area contributed by atoms with Gasteiger partial charge in [-0.3, -0.25) is 14.8 Å². The van der Waals surface area contributed by atoms with Gasteiger partial charge in [0.2, 0.25) is 5.91 Å². The molecule has 4 aliphatic rings. The summed E-state index contributed by atoms with van der Waals surface area (Å²) in [5, 5.41) is 0. The van der Waals surface area contributed by atoms with Gasteiger partial charge in [-0.15, -0.1) is 0 Å². The van der Waals surface area contributed by atoms with Crippen molar-refractivity contribution in [3.8, 4) is 0 Å². The van der Waals surface area contributed by atoms with Gasteiger partial charge in [0.25, 0.3) is 0 Å². The first kappa shape index (κ1) is 15.8. The molecule has 1 aromatic carbocycles. The van der Waals surface area contributed by atoms with Crippen LogP contribution in [0.15, 0.2) is 63.1 Å². The van der Waals surface area contributed by atoms with Crippen molar-refractivity contribution < 1.29 is 9.21 Å². The SMILES string of the molecule is O=C1CN=C(c2ccco2)C=C2c3cccc(C4=CC=NC5CC45)c3CCN12. The zero-order valence-corrected chi connectivity index (χ0v) is 15.3. The van der Waals surface area contributed by atoms with Crippen molar-refractivity contribution in [2.75, 3.05) is 13.1 Å². The average molecular weight is 369 g/mol. The quantitative estimate of drug-likeness (QED) is 0.815. The molecule has 1 fully saturated rings. The van der Waals surface area contributed by atoms with Crippen LogP contribution in [0.5, 0.6) is 0 Å². The molecule has 0 N–H and O–H groups in total. The van der Waals surface area contributed by atoms with E-state index in [1.165, 1.54) is 16.7 Å². The second-order valence-electron chi connectivity index (χ2n) is 7.67. The average Bonchev–Trinajstić information content (AvgIpc) is 3.37. The smallest absolute Gasteiger partial charge is 0.248 e. The summed E-state index contributed by atoms with van der Waals surface area (Å²) in [4.78, 5) is 23.6. The molecule has 0 bridgehead atoms. The molecule has 1 saturated carbocycles. The summed E-state index contributed by atoms with van der Waals surface area (Å²) in [5.41, 5.74) is 6.80. The Labute approximate surface area is 162 Å². The molecule has 3 aliphatic heterocycles. The molecule has 0 radical (unpaired) electrons. The predicted octanol–water partition coefficient (Wildman–Crippen LogP) is 3.36. The van der Waals surface area contributed by atoms with E-state index in [9.17, 15) is 4.79 Å². The van der Waals surface area contributed by atoms with Crippen molar-refractivity contribution in [3.63, 3.8) is 0 Å². The maximum absolute atomic E-state index is 12.7. The van der Waals surface area contributed by atoms with Crippen LogP contribution in [-0.4, -0.2) is 41.9 Å². The molecular formula is C23H19N3O2. The minimum absolute atomic E-state index is 0.0372. The summed E-state index contributed by atoms with van der Waals surface area (Å²) < 4.78 is 5.54. The molecule has 1 aliphatic carbocycles. The molecule has 1 aromatic heterocycles. The number of hydrogen-bond acceptors (Lipinski definition) is 4. The van der Waals surface area contributed by atoms with E-state index in [0.29, 0.717) is 24.3 Å². The third-order valence-corrected chi connectivity index (χ3v) is 6.06. The number of nitrogens with zero attached hydrogens (tertiary/aromatic N) is 3. The summed E-state index contributed by atoms with van der Waals surface area (Å²) in [6, 6.07) is 10.6. The fourth-order valence-electron chi connectivity index (χ4n) is 4.59. The Hall–Kier alpha value is -3.21. The molecule has 5 nitrogen and oxygen atoms in total. The zero-order chi connectivity index (χ0) is 18.7. The van der Waals surface area contributed by atoms with Gasteiger partial charge in [-0.25, -0.2) is 0 Å². The Bertz CT molecular complexity index is 1100. The van der Waals surface area contributed by atoms with Crippen LogP contribution in [0.25, 0.3) is 11.3 Å². The van der Waals surface area contributed by atoms with Crippen LogP contribution in [-0.2, 0) is 11.2 Å². The number of carbonyl (C=O) groups is 1. The number of hydrogen-bond donors (Lipinski definition) is 0. The van der Waals surface area contributed by atoms with Gasteiger partial charge in [0, 0.05) is 24.2 Å². The Balaban J connectivity index is 1.50. The van der Waals surface area contributed by atoms with Crippen LogP contribution in [0.3, 0.4) is 0 Å². The summed E-state index contributed by atoms with van der Waals surface area (Å²) in [7, 11) is 0. The fourth-order valence-corrected chi connectivity index (χ4v) is 4.59. The first-order valence-electron chi connectivity index (χ1n) is 9.76. The second kappa shape index (κ2) is 5.89. The maximum atomic E-state index is 12.7. The number of allylic oxidation sites excluding steroid dienone is 2. The molecule has 2 aromatic rings. The molecule has 2 atom stereocenters. The van der Waals surface area contributed by atoms with Gasteiger partial charge >= 0.3 is 0 Å². The fraction of sp³-hybridized carbons (Fsp3) is 0.261. The standard InChI is InChI=1S/C23H19N3O2/c27-23-13-25-20(22-5-2-10-28-22)12-21-17-4-1-3-14(16(17)7-9-26(21)23)15-6-8-24-19-11-18(15)19/h1-6,8,10,12,18-19H,7,9,11,13H2. The van der Waals surface area contributed by atoms with Crippen LogP contribution in [0.1, 0.15) is 28.9 Å². The van der Waals surface area contributed by atoms with Crippen LogP contribution in [0.2, 0.25) is 0 Å². The van der Waals surface area contributed by atoms with Crippen LogP contribution < -0.4 is 0 Å². The number of dihydropyridines is 1. The van der Waals surface area contributed by atoms with E-state index in [1.807, 2.05) is 29.3 Å². The number of amides is 1. The maximum Gasteiger partial charge on any atom is 0.248 e. The Kier molecular flexibility index (Phi) is 3.33. The zero-order valence-electron chi connectivity index (χ0n) is 15.3. The topological polar surface area (TPSA) is 58.2 Å². The third-order valence-electron chi connectivity index (χ3n) is 6.06. The van der Waals surface area contributed by atoms with Crippen molar-refractivity contribution >= 4 is 29.1 Å². The third kappa shape index (κ3) is 2.35. The van der Waals surface area contributed by atoms with Gasteiger partial charge in [-0.2, -0.15) is 0 Å². The highest BCUT2D eigenvalue weighted by Gasteiger charge is 2.42. The van der Waals surface area contributed by atoms with E-state index in [0.717, 1.165) is 29.8 Å². The van der Waals surface area contributed by atoms with Gasteiger partial charge in [-0.1, -0.05) is 18.2 Å². The summed E-state index contributed by atoms with van der Waals surface area (Å²) >= 11 is 0. The lowest BCUT2D eigenvalue weighted by molar-refractivity contribution is -0.126. The van der Waals surface area contributed by atoms with Gasteiger partial charge in [-0.05, 0) is 53.8 Å². The second-order valence-corrected chi connectivity index (χ2v) is 7.67. The molecular weight excluding hydrogens is 350 g/mol. The normalized spacial score (nSPS) is 25.1. The molecule has 1 amide bonds. The van der Waals surface area contributed by atoms with Crippen LogP contribution >= 0.6 is 0 Å². The van der Waals surface area contributed by atoms with Gasteiger partial charge in [0.1, 0.15) is 12.3 Å². The summed E-state index contributed by atoms with van der Waals surface area (Å²) in [6.45, 7) is 0.835. The van der Waals surface area contributed by atoms with Crippen LogP contribution in [0.4, 0.5) is 0 Å². The highest BCUT2D eigenvalue weighted by atomic mass is 16.3. The predicted molar refractivity (Wildman–Crippen MR) is 108 cm³/mol. The van der Waals surface area contributed by atoms with E-state index < -0.39 is 0 Å². The summed E-state index contributed by atoms with van der Waals surface area (Å²) in [6.07, 6.45) is 9.76. The van der Waals surface area contributed by atoms with E-state index in [2.05, 4.69) is 34.3 Å². The molecule has 0 spiro atoms. The minimum atomic E-state index is 0.0372. The molecule has 2 unspecified atom stereocenters. The number of furan rings is 1. The van der Waals surface area contributed by atoms with E-state index in [4.69, 9.17) is 4.42 Å². The summed E-state index contributed by atoms with van der Waals surface area (Å²) in [5.74, 6) is 1.28. The first-order chi connectivity index (χ1) is 13.8. The highest BCUT2D eigenvalue weighted by molar-refractivity contribution is 6.13. The van der Waals surface area contributed by atoms with Gasteiger partial charge in [0.15, 0.2) is 5.76 Å². The highest BCUT2D eigenvalue weighted by Crippen LogP contribution is 2.48. The lowest BCUT2D eigenvalue weighted by Gasteiger charge is -2.32. The number of fused-ring (bicyclic) bond motifs is 4. The van der Waals surface area contributed by atoms with E-state index >= 15 is 0 Å². The van der Waals surface area contributed by atoms with Crippen molar-refractivity contribution in [1.82, 2.24) is 4.90 Å². The number of carbonyl (C=O) groups excluding carboxylic acids is 1. The van der Waals surface area contributed by atoms with Crippen molar-refractivity contribution in [1.29, 1.82) is 0 Å². The van der Waals surface area contributed by atoms with E-state index in [-0.39, 0.29) is 12.5 Å². The molecule has 5 heteroatoms. The molecule has 28 heavy (non-hydrogen) atoms. The first-order valence-corrected chi connectivity index (χ1v) is 9.76. The van der Waals surface area contributed by atoms with Crippen LogP contribution in [0, 0.1) is 5.92 Å². The van der Waals surface area contributed by atoms with Crippen molar-refractivity contribution in [2.45, 2.75) is 18.9 Å². The van der Waals surface area contributed by atoms with Crippen molar-refractivity contribution in [2.24, 2.45) is 15.9 Å². The lowest BCUT2D eigenvalue weighted by Crippen LogP contribution is -2.36. The molecule has 4 heterocycles.